The van der Waals surface area contributed by atoms with Crippen LogP contribution >= 0.6 is 11.8 Å². The fourth-order valence-corrected chi connectivity index (χ4v) is 4.43. The quantitative estimate of drug-likeness (QED) is 0.375. The number of aliphatic carboxylic acids is 1. The first-order chi connectivity index (χ1) is 17.7. The van der Waals surface area contributed by atoms with Crippen molar-refractivity contribution in [2.24, 2.45) is 0 Å². The lowest BCUT2D eigenvalue weighted by Crippen LogP contribution is -2.41. The number of anilines is 2. The predicted octanol–water partition coefficient (Wildman–Crippen LogP) is 5.31. The minimum absolute atomic E-state index is 0.0272. The largest absolute Gasteiger partial charge is 0.486 e. The lowest BCUT2D eigenvalue weighted by molar-refractivity contribution is -0.139. The summed E-state index contributed by atoms with van der Waals surface area (Å²) in [6.07, 6.45) is 0. The fourth-order valence-electron chi connectivity index (χ4n) is 3.90. The molecular formula is C26H23F3N2O5S. The van der Waals surface area contributed by atoms with Crippen molar-refractivity contribution >= 4 is 35.0 Å². The summed E-state index contributed by atoms with van der Waals surface area (Å²) in [6.45, 7) is 0.956. The number of carbonyl (C=O) groups excluding carboxylic acids is 1. The zero-order valence-corrected chi connectivity index (χ0v) is 20.3. The van der Waals surface area contributed by atoms with Crippen molar-refractivity contribution < 1.29 is 37.3 Å². The standard InChI is InChI=1S/C26H23F3N2O5S/c27-26(28,29)37-20-11-9-19(10-12-20)31(25(34)18-5-2-1-3-6-18)14-13-30-15-16-35-24-21(30)7-4-8-22(24)36-17-23(32)33/h1-12H,13-17H2,(H,32,33). The number of ether oxygens (including phenoxy) is 2. The highest BCUT2D eigenvalue weighted by Gasteiger charge is 2.29. The van der Waals surface area contributed by atoms with Gasteiger partial charge in [0.2, 0.25) is 0 Å². The molecule has 0 aromatic heterocycles. The highest BCUT2D eigenvalue weighted by Crippen LogP contribution is 2.40. The number of fused-ring (bicyclic) bond motifs is 1. The summed E-state index contributed by atoms with van der Waals surface area (Å²) in [5, 5.41) is 8.93. The lowest BCUT2D eigenvalue weighted by atomic mass is 10.1. The van der Waals surface area contributed by atoms with Gasteiger partial charge in [0.15, 0.2) is 18.1 Å². The maximum absolute atomic E-state index is 13.4. The van der Waals surface area contributed by atoms with Gasteiger partial charge in [-0.05, 0) is 60.3 Å². The molecule has 0 radical (unpaired) electrons. The first-order valence-electron chi connectivity index (χ1n) is 11.3. The molecule has 0 saturated carbocycles. The summed E-state index contributed by atoms with van der Waals surface area (Å²) in [7, 11) is 0. The highest BCUT2D eigenvalue weighted by molar-refractivity contribution is 8.00. The molecule has 11 heteroatoms. The minimum atomic E-state index is -4.40. The fraction of sp³-hybridized carbons (Fsp3) is 0.231. The number of carboxylic acid groups (broad SMARTS) is 1. The molecule has 194 valence electrons. The van der Waals surface area contributed by atoms with Crippen LogP contribution in [-0.2, 0) is 4.79 Å². The van der Waals surface area contributed by atoms with Crippen LogP contribution in [0.25, 0.3) is 0 Å². The molecule has 0 atom stereocenters. The van der Waals surface area contributed by atoms with Crippen molar-refractivity contribution in [3.05, 3.63) is 78.4 Å². The van der Waals surface area contributed by atoms with Gasteiger partial charge in [0.25, 0.3) is 5.91 Å². The Hall–Kier alpha value is -3.86. The van der Waals surface area contributed by atoms with E-state index in [2.05, 4.69) is 0 Å². The molecule has 1 aliphatic heterocycles. The van der Waals surface area contributed by atoms with Crippen LogP contribution in [0.2, 0.25) is 0 Å². The van der Waals surface area contributed by atoms with E-state index in [9.17, 15) is 22.8 Å². The van der Waals surface area contributed by atoms with E-state index < -0.39 is 18.1 Å². The minimum Gasteiger partial charge on any atom is -0.486 e. The summed E-state index contributed by atoms with van der Waals surface area (Å²) in [4.78, 5) is 27.9. The van der Waals surface area contributed by atoms with Crippen molar-refractivity contribution in [2.45, 2.75) is 10.4 Å². The third-order valence-corrected chi connectivity index (χ3v) is 6.24. The van der Waals surface area contributed by atoms with Gasteiger partial charge < -0.3 is 24.4 Å². The average Bonchev–Trinajstić information content (AvgIpc) is 2.88. The highest BCUT2D eigenvalue weighted by atomic mass is 32.2. The zero-order valence-electron chi connectivity index (χ0n) is 19.5. The van der Waals surface area contributed by atoms with Gasteiger partial charge in [-0.15, -0.1) is 0 Å². The van der Waals surface area contributed by atoms with Crippen molar-refractivity contribution in [3.8, 4) is 11.5 Å². The number of para-hydroxylation sites is 1. The normalized spacial score (nSPS) is 12.9. The molecule has 0 saturated heterocycles. The van der Waals surface area contributed by atoms with E-state index in [4.69, 9.17) is 14.6 Å². The predicted molar refractivity (Wildman–Crippen MR) is 134 cm³/mol. The number of amides is 1. The second-order valence-corrected chi connectivity index (χ2v) is 9.13. The molecule has 1 aliphatic rings. The summed E-state index contributed by atoms with van der Waals surface area (Å²) in [5.41, 5.74) is -2.80. The van der Waals surface area contributed by atoms with E-state index in [0.717, 1.165) is 0 Å². The Balaban J connectivity index is 1.56. The summed E-state index contributed by atoms with van der Waals surface area (Å²) in [6, 6.07) is 19.5. The third-order valence-electron chi connectivity index (χ3n) is 5.50. The van der Waals surface area contributed by atoms with E-state index in [0.29, 0.717) is 48.1 Å². The van der Waals surface area contributed by atoms with E-state index in [1.165, 1.54) is 29.2 Å². The Morgan fingerprint density at radius 2 is 1.76 bits per heavy atom. The molecular weight excluding hydrogens is 509 g/mol. The van der Waals surface area contributed by atoms with Crippen molar-refractivity contribution in [1.82, 2.24) is 0 Å². The van der Waals surface area contributed by atoms with E-state index in [1.54, 1.807) is 42.5 Å². The van der Waals surface area contributed by atoms with Crippen molar-refractivity contribution in [1.29, 1.82) is 0 Å². The number of hydrogen-bond acceptors (Lipinski definition) is 6. The first-order valence-corrected chi connectivity index (χ1v) is 12.1. The monoisotopic (exact) mass is 532 g/mol. The molecule has 1 N–H and O–H groups in total. The number of halogens is 3. The van der Waals surface area contributed by atoms with Crippen LogP contribution in [-0.4, -0.2) is 55.3 Å². The molecule has 3 aromatic carbocycles. The number of carboxylic acids is 1. The molecule has 0 aliphatic carbocycles. The molecule has 1 heterocycles. The van der Waals surface area contributed by atoms with Crippen LogP contribution < -0.4 is 19.3 Å². The van der Waals surface area contributed by atoms with Crippen LogP contribution in [0.1, 0.15) is 10.4 Å². The van der Waals surface area contributed by atoms with Gasteiger partial charge in [0.05, 0.1) is 12.2 Å². The Labute approximate surface area is 215 Å². The molecule has 0 fully saturated rings. The first kappa shape index (κ1) is 26.2. The smallest absolute Gasteiger partial charge is 0.446 e. The second-order valence-electron chi connectivity index (χ2n) is 7.99. The molecule has 0 spiro atoms. The number of benzene rings is 3. The number of hydrogen-bond donors (Lipinski definition) is 1. The molecule has 0 unspecified atom stereocenters. The van der Waals surface area contributed by atoms with Crippen LogP contribution in [0.15, 0.2) is 77.7 Å². The maximum Gasteiger partial charge on any atom is 0.446 e. The molecule has 3 aromatic rings. The lowest BCUT2D eigenvalue weighted by Gasteiger charge is -2.34. The van der Waals surface area contributed by atoms with Gasteiger partial charge >= 0.3 is 11.5 Å². The number of alkyl halides is 3. The Kier molecular flexibility index (Phi) is 8.12. The Bertz CT molecular complexity index is 1240. The summed E-state index contributed by atoms with van der Waals surface area (Å²) in [5.74, 6) is -0.673. The van der Waals surface area contributed by atoms with E-state index >= 15 is 0 Å². The maximum atomic E-state index is 13.4. The van der Waals surface area contributed by atoms with Gasteiger partial charge in [-0.2, -0.15) is 13.2 Å². The number of rotatable bonds is 9. The summed E-state index contributed by atoms with van der Waals surface area (Å²) >= 11 is -0.213. The molecule has 1 amide bonds. The van der Waals surface area contributed by atoms with Gasteiger partial charge in [0.1, 0.15) is 6.61 Å². The topological polar surface area (TPSA) is 79.3 Å². The molecule has 0 bridgehead atoms. The van der Waals surface area contributed by atoms with Gasteiger partial charge in [-0.3, -0.25) is 4.79 Å². The number of nitrogens with zero attached hydrogens (tertiary/aromatic N) is 2. The van der Waals surface area contributed by atoms with Gasteiger partial charge in [-0.25, -0.2) is 4.79 Å². The second kappa shape index (κ2) is 11.5. The van der Waals surface area contributed by atoms with E-state index in [-0.39, 0.29) is 29.1 Å². The average molecular weight is 533 g/mol. The molecule has 4 rings (SSSR count). The van der Waals surface area contributed by atoms with E-state index in [1.807, 2.05) is 11.0 Å². The van der Waals surface area contributed by atoms with Crippen molar-refractivity contribution in [2.75, 3.05) is 42.6 Å². The zero-order chi connectivity index (χ0) is 26.4. The molecule has 37 heavy (non-hydrogen) atoms. The third kappa shape index (κ3) is 6.88. The van der Waals surface area contributed by atoms with Crippen LogP contribution in [0, 0.1) is 0 Å². The van der Waals surface area contributed by atoms with Gasteiger partial charge in [-0.1, -0.05) is 24.3 Å². The van der Waals surface area contributed by atoms with Crippen LogP contribution in [0.3, 0.4) is 0 Å². The SMILES string of the molecule is O=C(O)COc1cccc2c1OCCN2CCN(C(=O)c1ccccc1)c1ccc(SC(F)(F)F)cc1. The van der Waals surface area contributed by atoms with Gasteiger partial charge in [0, 0.05) is 29.2 Å². The van der Waals surface area contributed by atoms with Crippen LogP contribution in [0.5, 0.6) is 11.5 Å². The summed E-state index contributed by atoms with van der Waals surface area (Å²) < 4.78 is 49.4. The number of thioether (sulfide) groups is 1. The van der Waals surface area contributed by atoms with Crippen LogP contribution in [0.4, 0.5) is 24.5 Å². The molecule has 7 nitrogen and oxygen atoms in total. The van der Waals surface area contributed by atoms with Crippen molar-refractivity contribution in [3.63, 3.8) is 0 Å². The Morgan fingerprint density at radius 1 is 1.03 bits per heavy atom. The Morgan fingerprint density at radius 3 is 2.43 bits per heavy atom. The number of carbonyl (C=O) groups is 2.